The van der Waals surface area contributed by atoms with Crippen molar-refractivity contribution >= 4 is 47.0 Å². The van der Waals surface area contributed by atoms with Crippen LogP contribution in [0.2, 0.25) is 0 Å². The molecule has 1 aromatic heterocycles. The lowest BCUT2D eigenvalue weighted by Crippen LogP contribution is -2.36. The smallest absolute Gasteiger partial charge is 0.191 e. The average Bonchev–Trinajstić information content (AvgIpc) is 2.87. The summed E-state index contributed by atoms with van der Waals surface area (Å²) in [6.45, 7) is 7.90. The predicted molar refractivity (Wildman–Crippen MR) is 119 cm³/mol. The summed E-state index contributed by atoms with van der Waals surface area (Å²) in [5, 5.41) is 7.59. The van der Waals surface area contributed by atoms with Crippen molar-refractivity contribution in [2.24, 2.45) is 4.99 Å². The van der Waals surface area contributed by atoms with Gasteiger partial charge in [-0.2, -0.15) is 0 Å². The maximum Gasteiger partial charge on any atom is 0.191 e. The molecule has 0 saturated carbocycles. The molecule has 0 aliphatic heterocycles. The number of guanidine groups is 1. The highest BCUT2D eigenvalue weighted by molar-refractivity contribution is 14.0. The van der Waals surface area contributed by atoms with E-state index >= 15 is 0 Å². The molecule has 26 heavy (non-hydrogen) atoms. The van der Waals surface area contributed by atoms with Crippen LogP contribution in [0.15, 0.2) is 23.2 Å². The third-order valence-electron chi connectivity index (χ3n) is 3.67. The van der Waals surface area contributed by atoms with Crippen molar-refractivity contribution in [2.45, 2.75) is 33.9 Å². The average molecular weight is 491 g/mol. The summed E-state index contributed by atoms with van der Waals surface area (Å²) in [5.41, 5.74) is 2.46. The normalized spacial score (nSPS) is 11.1. The van der Waals surface area contributed by atoms with Crippen LogP contribution < -0.4 is 15.5 Å². The summed E-state index contributed by atoms with van der Waals surface area (Å²) >= 11 is 1.68. The second kappa shape index (κ2) is 10.7. The zero-order chi connectivity index (χ0) is 18.4. The van der Waals surface area contributed by atoms with Crippen molar-refractivity contribution in [1.29, 1.82) is 0 Å². The summed E-state index contributed by atoms with van der Waals surface area (Å²) < 4.78 is 14.1. The van der Waals surface area contributed by atoms with Gasteiger partial charge in [0, 0.05) is 25.5 Å². The van der Waals surface area contributed by atoms with Crippen molar-refractivity contribution in [2.75, 3.05) is 25.5 Å². The molecule has 0 radical (unpaired) electrons. The predicted octanol–water partition coefficient (Wildman–Crippen LogP) is 3.84. The highest BCUT2D eigenvalue weighted by Crippen LogP contribution is 2.19. The van der Waals surface area contributed by atoms with Crippen LogP contribution in [0, 0.1) is 19.7 Å². The van der Waals surface area contributed by atoms with Gasteiger partial charge in [-0.3, -0.25) is 0 Å². The van der Waals surface area contributed by atoms with E-state index in [0.29, 0.717) is 24.7 Å². The topological polar surface area (TPSA) is 52.6 Å². The highest BCUT2D eigenvalue weighted by Gasteiger charge is 2.07. The Labute approximate surface area is 176 Å². The zero-order valence-corrected chi connectivity index (χ0v) is 19.0. The number of halogens is 2. The molecule has 0 saturated heterocycles. The van der Waals surface area contributed by atoms with Gasteiger partial charge in [0.05, 0.1) is 29.5 Å². The molecule has 0 unspecified atom stereocenters. The van der Waals surface area contributed by atoms with Gasteiger partial charge in [0.1, 0.15) is 5.82 Å². The van der Waals surface area contributed by atoms with E-state index in [1.165, 1.54) is 4.88 Å². The molecule has 0 aliphatic carbocycles. The van der Waals surface area contributed by atoms with E-state index in [1.54, 1.807) is 28.4 Å². The molecule has 144 valence electrons. The van der Waals surface area contributed by atoms with E-state index in [9.17, 15) is 4.39 Å². The van der Waals surface area contributed by atoms with Crippen LogP contribution in [0.3, 0.4) is 0 Å². The fourth-order valence-corrected chi connectivity index (χ4v) is 3.30. The summed E-state index contributed by atoms with van der Waals surface area (Å²) in [5.74, 6) is 0.483. The number of hydrogen-bond acceptors (Lipinski definition) is 4. The summed E-state index contributed by atoms with van der Waals surface area (Å²) in [6.07, 6.45) is 0. The second-order valence-corrected chi connectivity index (χ2v) is 7.26. The van der Waals surface area contributed by atoms with Gasteiger partial charge >= 0.3 is 0 Å². The van der Waals surface area contributed by atoms with Gasteiger partial charge in [-0.05, 0) is 38.5 Å². The number of aryl methyl sites for hydroxylation is 2. The first-order valence-corrected chi connectivity index (χ1v) is 9.13. The van der Waals surface area contributed by atoms with Crippen LogP contribution >= 0.6 is 35.3 Å². The van der Waals surface area contributed by atoms with Crippen LogP contribution in [0.25, 0.3) is 0 Å². The quantitative estimate of drug-likeness (QED) is 0.367. The Morgan fingerprint density at radius 1 is 1.27 bits per heavy atom. The molecule has 5 nitrogen and oxygen atoms in total. The molecule has 0 fully saturated rings. The first kappa shape index (κ1) is 22.6. The molecule has 2 aromatic rings. The lowest BCUT2D eigenvalue weighted by molar-refractivity contribution is 0.624. The third kappa shape index (κ3) is 6.39. The third-order valence-corrected chi connectivity index (χ3v) is 4.75. The van der Waals surface area contributed by atoms with E-state index in [2.05, 4.69) is 20.6 Å². The number of aliphatic imine (C=N–C) groups is 1. The molecule has 0 spiro atoms. The maximum atomic E-state index is 14.1. The molecule has 0 aliphatic rings. The van der Waals surface area contributed by atoms with Gasteiger partial charge in [-0.15, -0.1) is 35.3 Å². The van der Waals surface area contributed by atoms with E-state index < -0.39 is 0 Å². The summed E-state index contributed by atoms with van der Waals surface area (Å²) in [4.78, 5) is 11.9. The van der Waals surface area contributed by atoms with Crippen LogP contribution in [-0.4, -0.2) is 31.6 Å². The Balaban J connectivity index is 0.00000338. The van der Waals surface area contributed by atoms with E-state index in [1.807, 2.05) is 40.9 Å². The SMILES string of the molecule is CCNC(=NCc1ccc(N(C)C)c(F)c1)NCc1sc(C)nc1C.I. The van der Waals surface area contributed by atoms with Crippen LogP contribution in [-0.2, 0) is 13.1 Å². The monoisotopic (exact) mass is 491 g/mol. The largest absolute Gasteiger partial charge is 0.375 e. The molecule has 0 amide bonds. The van der Waals surface area contributed by atoms with Gasteiger partial charge in [0.2, 0.25) is 0 Å². The fourth-order valence-electron chi connectivity index (χ4n) is 2.43. The van der Waals surface area contributed by atoms with Crippen molar-refractivity contribution in [3.05, 3.63) is 45.2 Å². The number of hydrogen-bond donors (Lipinski definition) is 2. The first-order chi connectivity index (χ1) is 11.9. The zero-order valence-electron chi connectivity index (χ0n) is 15.9. The van der Waals surface area contributed by atoms with Gasteiger partial charge in [0.15, 0.2) is 5.96 Å². The minimum absolute atomic E-state index is 0. The van der Waals surface area contributed by atoms with Crippen LogP contribution in [0.1, 0.15) is 28.1 Å². The fraction of sp³-hybridized carbons (Fsp3) is 0.444. The number of aromatic nitrogens is 1. The van der Waals surface area contributed by atoms with Gasteiger partial charge in [-0.25, -0.2) is 14.4 Å². The number of thiazole rings is 1. The maximum absolute atomic E-state index is 14.1. The molecular weight excluding hydrogens is 464 g/mol. The Morgan fingerprint density at radius 2 is 2.00 bits per heavy atom. The number of benzene rings is 1. The lowest BCUT2D eigenvalue weighted by Gasteiger charge is -2.14. The van der Waals surface area contributed by atoms with E-state index in [4.69, 9.17) is 0 Å². The number of rotatable bonds is 6. The minimum Gasteiger partial charge on any atom is -0.375 e. The molecule has 2 rings (SSSR count). The number of nitrogens with zero attached hydrogens (tertiary/aromatic N) is 3. The molecule has 8 heteroatoms. The lowest BCUT2D eigenvalue weighted by atomic mass is 10.2. The van der Waals surface area contributed by atoms with Crippen molar-refractivity contribution < 1.29 is 4.39 Å². The molecular formula is C18H27FIN5S. The van der Waals surface area contributed by atoms with Crippen LogP contribution in [0.5, 0.6) is 0 Å². The summed E-state index contributed by atoms with van der Waals surface area (Å²) in [7, 11) is 3.65. The Morgan fingerprint density at radius 3 is 2.54 bits per heavy atom. The Hall–Kier alpha value is -1.42. The standard InChI is InChI=1S/C18H26FN5S.HI/c1-6-20-18(22-11-17-12(2)23-13(3)25-17)21-10-14-7-8-16(24(4)5)15(19)9-14;/h7-9H,6,10-11H2,1-5H3,(H2,20,21,22);1H. The minimum atomic E-state index is -0.230. The van der Waals surface area contributed by atoms with Gasteiger partial charge < -0.3 is 15.5 Å². The van der Waals surface area contributed by atoms with Crippen molar-refractivity contribution in [3.8, 4) is 0 Å². The second-order valence-electron chi connectivity index (χ2n) is 5.97. The Bertz CT molecular complexity index is 745. The number of nitrogens with one attached hydrogen (secondary N) is 2. The van der Waals surface area contributed by atoms with Crippen LogP contribution in [0.4, 0.5) is 10.1 Å². The van der Waals surface area contributed by atoms with Crippen molar-refractivity contribution in [1.82, 2.24) is 15.6 Å². The summed E-state index contributed by atoms with van der Waals surface area (Å²) in [6, 6.07) is 5.23. The van der Waals surface area contributed by atoms with Gasteiger partial charge in [0.25, 0.3) is 0 Å². The number of anilines is 1. The highest BCUT2D eigenvalue weighted by atomic mass is 127. The molecule has 2 N–H and O–H groups in total. The molecule has 0 atom stereocenters. The van der Waals surface area contributed by atoms with Crippen molar-refractivity contribution in [3.63, 3.8) is 0 Å². The first-order valence-electron chi connectivity index (χ1n) is 8.31. The van der Waals surface area contributed by atoms with Gasteiger partial charge in [-0.1, -0.05) is 6.07 Å². The molecule has 0 bridgehead atoms. The molecule has 1 aromatic carbocycles. The van der Waals surface area contributed by atoms with E-state index in [-0.39, 0.29) is 29.8 Å². The van der Waals surface area contributed by atoms with E-state index in [0.717, 1.165) is 22.8 Å². The molecule has 1 heterocycles. The Kier molecular flexibility index (Phi) is 9.28.